The number of hydrogen-bond acceptors (Lipinski definition) is 5. The summed E-state index contributed by atoms with van der Waals surface area (Å²) in [6.45, 7) is 0.599. The number of nitrogens with two attached hydrogens (primary N) is 1. The van der Waals surface area contributed by atoms with Crippen LogP contribution in [0.5, 0.6) is 0 Å². The van der Waals surface area contributed by atoms with Crippen LogP contribution in [0, 0.1) is 0 Å². The Bertz CT molecular complexity index is 643. The molecule has 0 bridgehead atoms. The number of benzene rings is 1. The molecule has 0 radical (unpaired) electrons. The second-order valence-corrected chi connectivity index (χ2v) is 5.01. The molecular weight excluding hydrogens is 246 g/mol. The fraction of sp³-hybridized carbons (Fsp3) is 0.0833. The summed E-state index contributed by atoms with van der Waals surface area (Å²) in [4.78, 5) is 2.69. The number of rotatable bonds is 3. The molecule has 3 rings (SSSR count). The molecule has 2 N–H and O–H groups in total. The van der Waals surface area contributed by atoms with Gasteiger partial charge in [-0.2, -0.15) is 4.80 Å². The van der Waals surface area contributed by atoms with Gasteiger partial charge in [0.2, 0.25) is 5.82 Å². The van der Waals surface area contributed by atoms with Gasteiger partial charge in [-0.25, -0.2) is 0 Å². The Hall–Kier alpha value is -2.21. The lowest BCUT2D eigenvalue weighted by molar-refractivity contribution is 0.578. The molecule has 0 unspecified atom stereocenters. The van der Waals surface area contributed by atoms with E-state index in [0.29, 0.717) is 12.4 Å². The highest BCUT2D eigenvalue weighted by Gasteiger charge is 2.06. The van der Waals surface area contributed by atoms with Crippen molar-refractivity contribution in [3.63, 3.8) is 0 Å². The van der Waals surface area contributed by atoms with Crippen LogP contribution in [0.25, 0.3) is 11.4 Å². The zero-order valence-corrected chi connectivity index (χ0v) is 10.3. The summed E-state index contributed by atoms with van der Waals surface area (Å²) in [5, 5.41) is 13.2. The minimum atomic E-state index is 0.599. The van der Waals surface area contributed by atoms with Gasteiger partial charge in [0.05, 0.1) is 11.5 Å². The van der Waals surface area contributed by atoms with Crippen molar-refractivity contribution < 1.29 is 0 Å². The molecule has 0 aliphatic carbocycles. The molecule has 90 valence electrons. The van der Waals surface area contributed by atoms with Crippen LogP contribution in [-0.4, -0.2) is 20.2 Å². The zero-order valence-electron chi connectivity index (χ0n) is 9.52. The SMILES string of the molecule is Nc1ccc(Cn2nnc(-c3ccccc3)n2)s1. The van der Waals surface area contributed by atoms with Crippen molar-refractivity contribution in [2.24, 2.45) is 0 Å². The molecular formula is C12H11N5S. The molecule has 18 heavy (non-hydrogen) atoms. The molecule has 0 aliphatic heterocycles. The molecule has 0 fully saturated rings. The van der Waals surface area contributed by atoms with E-state index in [0.717, 1.165) is 15.4 Å². The molecule has 0 saturated carbocycles. The van der Waals surface area contributed by atoms with Gasteiger partial charge in [-0.1, -0.05) is 30.3 Å². The second-order valence-electron chi connectivity index (χ2n) is 3.81. The van der Waals surface area contributed by atoms with E-state index in [1.54, 1.807) is 4.80 Å². The van der Waals surface area contributed by atoms with Gasteiger partial charge in [-0.05, 0) is 17.3 Å². The number of hydrogen-bond donors (Lipinski definition) is 1. The number of aromatic nitrogens is 4. The van der Waals surface area contributed by atoms with Crippen molar-refractivity contribution in [3.8, 4) is 11.4 Å². The summed E-state index contributed by atoms with van der Waals surface area (Å²) in [5.41, 5.74) is 6.65. The van der Waals surface area contributed by atoms with Gasteiger partial charge in [-0.3, -0.25) is 0 Å². The minimum Gasteiger partial charge on any atom is -0.391 e. The molecule has 5 nitrogen and oxygen atoms in total. The predicted molar refractivity (Wildman–Crippen MR) is 71.1 cm³/mol. The number of tetrazole rings is 1. The highest BCUT2D eigenvalue weighted by molar-refractivity contribution is 7.15. The molecule has 0 spiro atoms. The van der Waals surface area contributed by atoms with E-state index in [2.05, 4.69) is 15.4 Å². The Labute approximate surface area is 108 Å². The molecule has 0 aliphatic rings. The van der Waals surface area contributed by atoms with E-state index in [9.17, 15) is 0 Å². The maximum Gasteiger partial charge on any atom is 0.204 e. The predicted octanol–water partition coefficient (Wildman–Crippen LogP) is 2.03. The lowest BCUT2D eigenvalue weighted by Gasteiger charge is -1.94. The van der Waals surface area contributed by atoms with Gasteiger partial charge in [0.25, 0.3) is 0 Å². The van der Waals surface area contributed by atoms with Crippen LogP contribution in [0.1, 0.15) is 4.88 Å². The first-order valence-electron chi connectivity index (χ1n) is 5.49. The van der Waals surface area contributed by atoms with Crippen LogP contribution in [0.4, 0.5) is 5.00 Å². The van der Waals surface area contributed by atoms with Crippen LogP contribution >= 0.6 is 11.3 Å². The molecule has 2 heterocycles. The van der Waals surface area contributed by atoms with Crippen LogP contribution < -0.4 is 5.73 Å². The first-order valence-corrected chi connectivity index (χ1v) is 6.30. The topological polar surface area (TPSA) is 69.6 Å². The van der Waals surface area contributed by atoms with Crippen LogP contribution in [0.15, 0.2) is 42.5 Å². The smallest absolute Gasteiger partial charge is 0.204 e. The summed E-state index contributed by atoms with van der Waals surface area (Å²) in [5.74, 6) is 0.639. The lowest BCUT2D eigenvalue weighted by Crippen LogP contribution is -2.02. The maximum absolute atomic E-state index is 5.68. The molecule has 6 heteroatoms. The van der Waals surface area contributed by atoms with E-state index in [1.807, 2.05) is 42.5 Å². The first kappa shape index (κ1) is 10.9. The summed E-state index contributed by atoms with van der Waals surface area (Å²) < 4.78 is 0. The summed E-state index contributed by atoms with van der Waals surface area (Å²) in [6.07, 6.45) is 0. The summed E-state index contributed by atoms with van der Waals surface area (Å²) in [6, 6.07) is 13.7. The van der Waals surface area contributed by atoms with Crippen molar-refractivity contribution in [2.45, 2.75) is 6.54 Å². The normalized spacial score (nSPS) is 10.7. The Morgan fingerprint density at radius 3 is 2.67 bits per heavy atom. The molecule has 0 atom stereocenters. The average Bonchev–Trinajstić information content (AvgIpc) is 3.01. The molecule has 2 aromatic heterocycles. The second kappa shape index (κ2) is 4.58. The molecule has 3 aromatic rings. The largest absolute Gasteiger partial charge is 0.391 e. The third-order valence-electron chi connectivity index (χ3n) is 2.46. The standard InChI is InChI=1S/C12H11N5S/c13-11-7-6-10(18-11)8-17-15-12(14-16-17)9-4-2-1-3-5-9/h1-7H,8,13H2. The average molecular weight is 257 g/mol. The fourth-order valence-corrected chi connectivity index (χ4v) is 2.39. The highest BCUT2D eigenvalue weighted by Crippen LogP contribution is 2.19. The monoisotopic (exact) mass is 257 g/mol. The number of nitrogen functional groups attached to an aromatic ring is 1. The van der Waals surface area contributed by atoms with Crippen LogP contribution in [0.2, 0.25) is 0 Å². The van der Waals surface area contributed by atoms with E-state index in [1.165, 1.54) is 11.3 Å². The van der Waals surface area contributed by atoms with Crippen molar-refractivity contribution >= 4 is 16.3 Å². The van der Waals surface area contributed by atoms with E-state index >= 15 is 0 Å². The Kier molecular flexibility index (Phi) is 2.77. The van der Waals surface area contributed by atoms with Gasteiger partial charge >= 0.3 is 0 Å². The van der Waals surface area contributed by atoms with Gasteiger partial charge < -0.3 is 5.73 Å². The third-order valence-corrected chi connectivity index (χ3v) is 3.36. The fourth-order valence-electron chi connectivity index (χ4n) is 1.63. The van der Waals surface area contributed by atoms with Crippen molar-refractivity contribution in [2.75, 3.05) is 5.73 Å². The van der Waals surface area contributed by atoms with Crippen molar-refractivity contribution in [1.82, 2.24) is 20.2 Å². The summed E-state index contributed by atoms with van der Waals surface area (Å²) in [7, 11) is 0. The summed E-state index contributed by atoms with van der Waals surface area (Å²) >= 11 is 1.54. The third kappa shape index (κ3) is 2.23. The van der Waals surface area contributed by atoms with Gasteiger partial charge in [0.1, 0.15) is 0 Å². The highest BCUT2D eigenvalue weighted by atomic mass is 32.1. The van der Waals surface area contributed by atoms with Crippen molar-refractivity contribution in [1.29, 1.82) is 0 Å². The number of nitrogens with zero attached hydrogens (tertiary/aromatic N) is 4. The molecule has 0 amide bonds. The van der Waals surface area contributed by atoms with E-state index in [4.69, 9.17) is 5.73 Å². The first-order chi connectivity index (χ1) is 8.81. The van der Waals surface area contributed by atoms with E-state index in [-0.39, 0.29) is 0 Å². The van der Waals surface area contributed by atoms with Crippen molar-refractivity contribution in [3.05, 3.63) is 47.3 Å². The van der Waals surface area contributed by atoms with Gasteiger partial charge in [0, 0.05) is 10.4 Å². The number of thiophene rings is 1. The minimum absolute atomic E-state index is 0.599. The maximum atomic E-state index is 5.68. The zero-order chi connectivity index (χ0) is 12.4. The Morgan fingerprint density at radius 2 is 1.94 bits per heavy atom. The quantitative estimate of drug-likeness (QED) is 0.779. The van der Waals surface area contributed by atoms with Gasteiger partial charge in [-0.15, -0.1) is 21.5 Å². The van der Waals surface area contributed by atoms with Gasteiger partial charge in [0.15, 0.2) is 0 Å². The molecule has 0 saturated heterocycles. The Balaban J connectivity index is 1.82. The lowest BCUT2D eigenvalue weighted by atomic mass is 10.2. The van der Waals surface area contributed by atoms with Crippen LogP contribution in [0.3, 0.4) is 0 Å². The number of anilines is 1. The van der Waals surface area contributed by atoms with Crippen LogP contribution in [-0.2, 0) is 6.54 Å². The Morgan fingerprint density at radius 1 is 1.11 bits per heavy atom. The molecule has 1 aromatic carbocycles. The van der Waals surface area contributed by atoms with E-state index < -0.39 is 0 Å².